The van der Waals surface area contributed by atoms with E-state index in [1.165, 1.54) is 4.68 Å². The Kier molecular flexibility index (Phi) is 3.14. The summed E-state index contributed by atoms with van der Waals surface area (Å²) in [4.78, 5) is 14.7. The van der Waals surface area contributed by atoms with E-state index in [0.29, 0.717) is 22.4 Å². The summed E-state index contributed by atoms with van der Waals surface area (Å²) in [7, 11) is 1.70. The highest BCUT2D eigenvalue weighted by atomic mass is 32.2. The Morgan fingerprint density at radius 1 is 1.65 bits per heavy atom. The average Bonchev–Trinajstić information content (AvgIpc) is 2.82. The molecule has 0 aliphatic rings. The first kappa shape index (κ1) is 11.6. The van der Waals surface area contributed by atoms with E-state index in [9.17, 15) is 4.79 Å². The van der Waals surface area contributed by atoms with Crippen molar-refractivity contribution in [3.8, 4) is 11.5 Å². The van der Waals surface area contributed by atoms with Crippen LogP contribution in [0.3, 0.4) is 0 Å². The Morgan fingerprint density at radius 3 is 3.00 bits per heavy atom. The van der Waals surface area contributed by atoms with Gasteiger partial charge in [-0.05, 0) is 6.92 Å². The fraction of sp³-hybridized carbons (Fsp3) is 0.333. The third-order valence-electron chi connectivity index (χ3n) is 1.90. The van der Waals surface area contributed by atoms with Gasteiger partial charge in [0.25, 0.3) is 0 Å². The fourth-order valence-electron chi connectivity index (χ4n) is 1.20. The normalized spacial score (nSPS) is 10.7. The molecule has 0 atom stereocenters. The monoisotopic (exact) mass is 254 g/mol. The first-order chi connectivity index (χ1) is 8.06. The summed E-state index contributed by atoms with van der Waals surface area (Å²) in [5.41, 5.74) is 0.542. The van der Waals surface area contributed by atoms with Crippen molar-refractivity contribution >= 4 is 17.7 Å². The van der Waals surface area contributed by atoms with E-state index in [-0.39, 0.29) is 5.75 Å². The molecule has 17 heavy (non-hydrogen) atoms. The van der Waals surface area contributed by atoms with Gasteiger partial charge in [-0.2, -0.15) is 4.98 Å². The topological polar surface area (TPSA) is 94.0 Å². The van der Waals surface area contributed by atoms with Crippen molar-refractivity contribution in [3.05, 3.63) is 11.8 Å². The van der Waals surface area contributed by atoms with Crippen molar-refractivity contribution in [1.29, 1.82) is 0 Å². The molecule has 2 heterocycles. The van der Waals surface area contributed by atoms with Crippen molar-refractivity contribution in [2.45, 2.75) is 12.1 Å². The number of aliphatic carboxylic acids is 1. The summed E-state index contributed by atoms with van der Waals surface area (Å²) >= 11 is 1.11. The predicted molar refractivity (Wildman–Crippen MR) is 59.6 cm³/mol. The molecular formula is C9H10N4O3S. The first-order valence-electron chi connectivity index (χ1n) is 4.75. The van der Waals surface area contributed by atoms with Crippen molar-refractivity contribution in [1.82, 2.24) is 19.9 Å². The van der Waals surface area contributed by atoms with Gasteiger partial charge in [0.05, 0.1) is 5.75 Å². The number of hydrogen-bond acceptors (Lipinski definition) is 6. The van der Waals surface area contributed by atoms with Gasteiger partial charge in [-0.1, -0.05) is 16.9 Å². The molecule has 0 saturated carbocycles. The van der Waals surface area contributed by atoms with Crippen molar-refractivity contribution in [3.63, 3.8) is 0 Å². The molecule has 1 N–H and O–H groups in total. The van der Waals surface area contributed by atoms with Gasteiger partial charge < -0.3 is 9.63 Å². The number of rotatable bonds is 4. The number of aryl methyl sites for hydroxylation is 2. The van der Waals surface area contributed by atoms with Crippen molar-refractivity contribution in [2.24, 2.45) is 7.05 Å². The molecule has 0 spiro atoms. The lowest BCUT2D eigenvalue weighted by molar-refractivity contribution is -0.133. The van der Waals surface area contributed by atoms with Gasteiger partial charge >= 0.3 is 5.97 Å². The number of carboxylic acids is 1. The highest BCUT2D eigenvalue weighted by molar-refractivity contribution is 7.99. The molecule has 2 rings (SSSR count). The number of hydrogen-bond donors (Lipinski definition) is 1. The Morgan fingerprint density at radius 2 is 2.41 bits per heavy atom. The number of aromatic nitrogens is 4. The molecule has 0 aromatic carbocycles. The van der Waals surface area contributed by atoms with Gasteiger partial charge in [0.2, 0.25) is 5.82 Å². The predicted octanol–water partition coefficient (Wildman–Crippen LogP) is 0.955. The second kappa shape index (κ2) is 4.58. The quantitative estimate of drug-likeness (QED) is 0.812. The van der Waals surface area contributed by atoms with Crippen LogP contribution in [0.4, 0.5) is 0 Å². The van der Waals surface area contributed by atoms with E-state index in [4.69, 9.17) is 9.63 Å². The minimum Gasteiger partial charge on any atom is -0.481 e. The molecule has 0 fully saturated rings. The van der Waals surface area contributed by atoms with Crippen LogP contribution in [0.1, 0.15) is 5.76 Å². The van der Waals surface area contributed by atoms with E-state index in [2.05, 4.69) is 15.2 Å². The maximum atomic E-state index is 10.5. The van der Waals surface area contributed by atoms with E-state index >= 15 is 0 Å². The molecule has 90 valence electrons. The molecule has 0 saturated heterocycles. The standard InChI is InChI=1S/C9H10N4O3S/c1-5-3-6(12-16-5)8-10-9(13(2)11-8)17-4-7(14)15/h3H,4H2,1-2H3,(H,14,15). The number of carboxylic acid groups (broad SMARTS) is 1. The van der Waals surface area contributed by atoms with Crippen LogP contribution in [0.25, 0.3) is 11.5 Å². The lowest BCUT2D eigenvalue weighted by Gasteiger charge is -1.94. The van der Waals surface area contributed by atoms with Crippen LogP contribution in [0.5, 0.6) is 0 Å². The summed E-state index contributed by atoms with van der Waals surface area (Å²) < 4.78 is 6.45. The summed E-state index contributed by atoms with van der Waals surface area (Å²) in [6, 6.07) is 1.72. The maximum Gasteiger partial charge on any atom is 0.313 e. The first-order valence-corrected chi connectivity index (χ1v) is 5.74. The van der Waals surface area contributed by atoms with Gasteiger partial charge in [0.1, 0.15) is 5.76 Å². The van der Waals surface area contributed by atoms with E-state index < -0.39 is 5.97 Å². The zero-order valence-electron chi connectivity index (χ0n) is 9.25. The lowest BCUT2D eigenvalue weighted by Crippen LogP contribution is -2.00. The summed E-state index contributed by atoms with van der Waals surface area (Å²) in [5.74, 6) is 0.158. The highest BCUT2D eigenvalue weighted by Crippen LogP contribution is 2.20. The summed E-state index contributed by atoms with van der Waals surface area (Å²) in [5, 5.41) is 17.1. The SMILES string of the molecule is Cc1cc(-c2nc(SCC(=O)O)n(C)n2)no1. The molecule has 0 bridgehead atoms. The van der Waals surface area contributed by atoms with Crippen LogP contribution in [-0.4, -0.2) is 36.7 Å². The number of nitrogens with zero attached hydrogens (tertiary/aromatic N) is 4. The Labute approximate surface area is 101 Å². The highest BCUT2D eigenvalue weighted by Gasteiger charge is 2.13. The molecule has 0 amide bonds. The van der Waals surface area contributed by atoms with E-state index in [1.807, 2.05) is 0 Å². The van der Waals surface area contributed by atoms with Crippen LogP contribution in [0.15, 0.2) is 15.7 Å². The number of thioether (sulfide) groups is 1. The Bertz CT molecular complexity index is 548. The third kappa shape index (κ3) is 2.64. The smallest absolute Gasteiger partial charge is 0.313 e. The minimum atomic E-state index is -0.892. The van der Waals surface area contributed by atoms with Gasteiger partial charge in [0.15, 0.2) is 10.9 Å². The molecule has 7 nitrogen and oxygen atoms in total. The molecule has 2 aromatic rings. The second-order valence-corrected chi connectivity index (χ2v) is 4.29. The molecule has 0 unspecified atom stereocenters. The van der Waals surface area contributed by atoms with Crippen LogP contribution in [0.2, 0.25) is 0 Å². The van der Waals surface area contributed by atoms with Crippen LogP contribution in [0, 0.1) is 6.92 Å². The molecule has 0 aliphatic heterocycles. The molecular weight excluding hydrogens is 244 g/mol. The Hall–Kier alpha value is -1.83. The van der Waals surface area contributed by atoms with Crippen LogP contribution in [-0.2, 0) is 11.8 Å². The van der Waals surface area contributed by atoms with Gasteiger partial charge in [-0.15, -0.1) is 5.10 Å². The largest absolute Gasteiger partial charge is 0.481 e. The van der Waals surface area contributed by atoms with Crippen molar-refractivity contribution in [2.75, 3.05) is 5.75 Å². The van der Waals surface area contributed by atoms with Crippen LogP contribution >= 0.6 is 11.8 Å². The molecule has 0 radical (unpaired) electrons. The summed E-state index contributed by atoms with van der Waals surface area (Å²) in [6.45, 7) is 1.78. The molecule has 0 aliphatic carbocycles. The Balaban J connectivity index is 2.21. The molecule has 2 aromatic heterocycles. The third-order valence-corrected chi connectivity index (χ3v) is 2.91. The second-order valence-electron chi connectivity index (χ2n) is 3.35. The van der Waals surface area contributed by atoms with E-state index in [0.717, 1.165) is 11.8 Å². The van der Waals surface area contributed by atoms with Gasteiger partial charge in [0, 0.05) is 13.1 Å². The molecule has 8 heteroatoms. The van der Waals surface area contributed by atoms with Gasteiger partial charge in [-0.3, -0.25) is 4.79 Å². The number of carbonyl (C=O) groups is 1. The van der Waals surface area contributed by atoms with Gasteiger partial charge in [-0.25, -0.2) is 4.68 Å². The van der Waals surface area contributed by atoms with E-state index in [1.54, 1.807) is 20.0 Å². The zero-order chi connectivity index (χ0) is 12.4. The lowest BCUT2D eigenvalue weighted by atomic mass is 10.4. The average molecular weight is 254 g/mol. The van der Waals surface area contributed by atoms with Crippen molar-refractivity contribution < 1.29 is 14.4 Å². The van der Waals surface area contributed by atoms with Crippen LogP contribution < -0.4 is 0 Å². The maximum absolute atomic E-state index is 10.5. The minimum absolute atomic E-state index is 0.0518. The zero-order valence-corrected chi connectivity index (χ0v) is 10.1. The summed E-state index contributed by atoms with van der Waals surface area (Å²) in [6.07, 6.45) is 0. The fourth-order valence-corrected chi connectivity index (χ4v) is 1.83.